The molecule has 0 saturated carbocycles. The highest BCUT2D eigenvalue weighted by Crippen LogP contribution is 2.44. The zero-order chi connectivity index (χ0) is 42.7. The van der Waals surface area contributed by atoms with Crippen LogP contribution in [0, 0.1) is 0 Å². The fourth-order valence-electron chi connectivity index (χ4n) is 8.06. The second-order valence-corrected chi connectivity index (χ2v) is 16.0. The lowest BCUT2D eigenvalue weighted by atomic mass is 9.99. The molecule has 0 aliphatic heterocycles. The van der Waals surface area contributed by atoms with E-state index in [4.69, 9.17) is 20.4 Å². The van der Waals surface area contributed by atoms with Gasteiger partial charge in [-0.1, -0.05) is 139 Å². The number of para-hydroxylation sites is 2. The average Bonchev–Trinajstić information content (AvgIpc) is 4.01. The highest BCUT2D eigenvalue weighted by Gasteiger charge is 2.22. The Morgan fingerprint density at radius 3 is 1.61 bits per heavy atom. The standard InChI is InChI=1S/C51H30N4S2/c1-2-14-31(15-3-1)49-52-50(40-23-13-22-39-37-19-7-11-27-46(37)57-48(39)40)54-51(53-49)41-30-32(33-20-12-21-38-36-18-6-10-26-45(36)56-47(33)38)28-29-44(41)55-42-24-8-4-16-34(42)35-17-5-9-25-43(35)55/h1-30H/i4D,5D,16D,17D,24D,25D. The summed E-state index contributed by atoms with van der Waals surface area (Å²) in [6.45, 7) is 0. The number of hydrogen-bond donors (Lipinski definition) is 0. The van der Waals surface area contributed by atoms with Crippen LogP contribution in [0.4, 0.5) is 0 Å². The van der Waals surface area contributed by atoms with Crippen molar-refractivity contribution in [2.75, 3.05) is 0 Å². The molecule has 0 fully saturated rings. The molecule has 0 spiro atoms. The normalized spacial score (nSPS) is 13.3. The Labute approximate surface area is 344 Å². The first-order chi connectivity index (χ1) is 30.7. The Bertz CT molecular complexity index is 3820. The quantitative estimate of drug-likeness (QED) is 0.175. The van der Waals surface area contributed by atoms with Crippen LogP contribution >= 0.6 is 22.7 Å². The van der Waals surface area contributed by atoms with Gasteiger partial charge in [0.05, 0.1) is 24.9 Å². The van der Waals surface area contributed by atoms with Crippen LogP contribution in [0.15, 0.2) is 182 Å². The molecule has 8 aromatic carbocycles. The number of nitrogens with zero attached hydrogens (tertiary/aromatic N) is 4. The molecule has 0 N–H and O–H groups in total. The molecule has 0 aliphatic rings. The average molecular weight is 769 g/mol. The second kappa shape index (κ2) is 12.8. The number of fused-ring (bicyclic) bond motifs is 9. The molecule has 0 saturated heterocycles. The third-order valence-electron chi connectivity index (χ3n) is 10.6. The van der Waals surface area contributed by atoms with Crippen molar-refractivity contribution in [1.29, 1.82) is 0 Å². The number of hydrogen-bond acceptors (Lipinski definition) is 5. The Kier molecular flexibility index (Phi) is 6.00. The van der Waals surface area contributed by atoms with Gasteiger partial charge in [0, 0.05) is 67.8 Å². The molecule has 4 nitrogen and oxygen atoms in total. The van der Waals surface area contributed by atoms with Gasteiger partial charge in [0.2, 0.25) is 0 Å². The molecule has 266 valence electrons. The molecule has 57 heavy (non-hydrogen) atoms. The minimum Gasteiger partial charge on any atom is -0.309 e. The number of thiophene rings is 2. The van der Waals surface area contributed by atoms with E-state index in [0.29, 0.717) is 28.7 Å². The lowest BCUT2D eigenvalue weighted by Crippen LogP contribution is -2.04. The van der Waals surface area contributed by atoms with E-state index < -0.39 is 0 Å². The van der Waals surface area contributed by atoms with E-state index in [9.17, 15) is 2.74 Å². The van der Waals surface area contributed by atoms with Crippen molar-refractivity contribution < 1.29 is 8.22 Å². The first-order valence-electron chi connectivity index (χ1n) is 21.5. The third-order valence-corrected chi connectivity index (χ3v) is 13.1. The molecule has 0 atom stereocenters. The fourth-order valence-corrected chi connectivity index (χ4v) is 10.5. The van der Waals surface area contributed by atoms with Crippen LogP contribution in [0.1, 0.15) is 8.22 Å². The van der Waals surface area contributed by atoms with Crippen molar-refractivity contribution in [3.05, 3.63) is 182 Å². The summed E-state index contributed by atoms with van der Waals surface area (Å²) in [5.41, 5.74) is 5.14. The van der Waals surface area contributed by atoms with E-state index in [0.717, 1.165) is 52.5 Å². The number of rotatable bonds is 5. The Morgan fingerprint density at radius 1 is 0.404 bits per heavy atom. The molecular formula is C51H30N4S2. The number of benzene rings is 8. The maximum Gasteiger partial charge on any atom is 0.166 e. The summed E-state index contributed by atoms with van der Waals surface area (Å²) in [5, 5.41) is 4.94. The largest absolute Gasteiger partial charge is 0.309 e. The lowest BCUT2D eigenvalue weighted by molar-refractivity contribution is 1.07. The van der Waals surface area contributed by atoms with Gasteiger partial charge in [-0.15, -0.1) is 22.7 Å². The second-order valence-electron chi connectivity index (χ2n) is 13.9. The molecule has 0 aliphatic carbocycles. The van der Waals surface area contributed by atoms with Crippen LogP contribution in [0.3, 0.4) is 0 Å². The van der Waals surface area contributed by atoms with Gasteiger partial charge in [-0.3, -0.25) is 0 Å². The summed E-state index contributed by atoms with van der Waals surface area (Å²) in [6, 6.07) is 46.9. The zero-order valence-corrected chi connectivity index (χ0v) is 31.6. The van der Waals surface area contributed by atoms with E-state index >= 15 is 0 Å². The molecular weight excluding hydrogens is 733 g/mol. The van der Waals surface area contributed by atoms with Gasteiger partial charge in [0.25, 0.3) is 0 Å². The minimum absolute atomic E-state index is 0.0460. The van der Waals surface area contributed by atoms with Gasteiger partial charge in [-0.2, -0.15) is 0 Å². The smallest absolute Gasteiger partial charge is 0.166 e. The van der Waals surface area contributed by atoms with Crippen molar-refractivity contribution in [2.45, 2.75) is 0 Å². The van der Waals surface area contributed by atoms with Gasteiger partial charge in [0.15, 0.2) is 17.5 Å². The Balaban J connectivity index is 1.22. The van der Waals surface area contributed by atoms with E-state index in [1.807, 2.05) is 72.8 Å². The van der Waals surface area contributed by atoms with Gasteiger partial charge >= 0.3 is 0 Å². The molecule has 0 radical (unpaired) electrons. The van der Waals surface area contributed by atoms with Gasteiger partial charge < -0.3 is 4.57 Å². The van der Waals surface area contributed by atoms with Crippen molar-refractivity contribution in [1.82, 2.24) is 19.5 Å². The van der Waals surface area contributed by atoms with Gasteiger partial charge in [-0.25, -0.2) is 15.0 Å². The highest BCUT2D eigenvalue weighted by atomic mass is 32.1. The van der Waals surface area contributed by atoms with Crippen LogP contribution in [-0.2, 0) is 0 Å². The monoisotopic (exact) mass is 768 g/mol. The molecule has 6 heteroatoms. The first-order valence-corrected chi connectivity index (χ1v) is 20.2. The Hall–Kier alpha value is -6.99. The fraction of sp³-hybridized carbons (Fsp3) is 0. The lowest BCUT2D eigenvalue weighted by Gasteiger charge is -2.16. The van der Waals surface area contributed by atoms with Crippen LogP contribution in [-0.4, -0.2) is 19.5 Å². The van der Waals surface area contributed by atoms with Crippen LogP contribution in [0.2, 0.25) is 0 Å². The third kappa shape index (κ3) is 5.08. The summed E-state index contributed by atoms with van der Waals surface area (Å²) in [7, 11) is 0. The van der Waals surface area contributed by atoms with Crippen LogP contribution in [0.25, 0.3) is 113 Å². The van der Waals surface area contributed by atoms with E-state index in [1.54, 1.807) is 27.2 Å². The minimum atomic E-state index is -0.178. The molecule has 0 bridgehead atoms. The summed E-state index contributed by atoms with van der Waals surface area (Å²) in [5.74, 6) is 1.28. The summed E-state index contributed by atoms with van der Waals surface area (Å²) < 4.78 is 60.3. The predicted octanol–water partition coefficient (Wildman–Crippen LogP) is 14.4. The van der Waals surface area contributed by atoms with E-state index in [-0.39, 0.29) is 58.1 Å². The molecule has 4 heterocycles. The van der Waals surface area contributed by atoms with Crippen LogP contribution < -0.4 is 0 Å². The van der Waals surface area contributed by atoms with Crippen molar-refractivity contribution in [3.8, 4) is 51.0 Å². The van der Waals surface area contributed by atoms with E-state index in [1.165, 1.54) is 22.2 Å². The van der Waals surface area contributed by atoms with Gasteiger partial charge in [0.1, 0.15) is 0 Å². The summed E-state index contributed by atoms with van der Waals surface area (Å²) in [6.07, 6.45) is 0. The molecule has 0 unspecified atom stereocenters. The molecule has 0 amide bonds. The first kappa shape index (κ1) is 26.8. The molecule has 12 rings (SSSR count). The summed E-state index contributed by atoms with van der Waals surface area (Å²) >= 11 is 3.42. The van der Waals surface area contributed by atoms with E-state index in [2.05, 4.69) is 60.7 Å². The number of aromatic nitrogens is 4. The van der Waals surface area contributed by atoms with Crippen LogP contribution in [0.5, 0.6) is 0 Å². The highest BCUT2D eigenvalue weighted by molar-refractivity contribution is 7.26. The topological polar surface area (TPSA) is 43.6 Å². The van der Waals surface area contributed by atoms with Gasteiger partial charge in [-0.05, 0) is 53.5 Å². The Morgan fingerprint density at radius 2 is 0.947 bits per heavy atom. The van der Waals surface area contributed by atoms with Crippen molar-refractivity contribution >= 4 is 84.8 Å². The maximum atomic E-state index is 9.30. The van der Waals surface area contributed by atoms with Crippen molar-refractivity contribution in [3.63, 3.8) is 0 Å². The summed E-state index contributed by atoms with van der Waals surface area (Å²) in [4.78, 5) is 15.7. The zero-order valence-electron chi connectivity index (χ0n) is 36.0. The maximum absolute atomic E-state index is 9.30. The molecule has 4 aromatic heterocycles. The van der Waals surface area contributed by atoms with Crippen molar-refractivity contribution in [2.24, 2.45) is 0 Å². The predicted molar refractivity (Wildman–Crippen MR) is 242 cm³/mol. The molecule has 12 aromatic rings. The SMILES string of the molecule is [2H]c1cc([2H])c2c(c1[2H])c1c([2H])c([2H])cc([2H])c1n2-c1ccc(-c2cccc3c2sc2ccccc23)cc1-c1nc(-c2ccccc2)nc(-c2cccc3c2sc2ccccc23)n1.